The lowest BCUT2D eigenvalue weighted by atomic mass is 9.98. The highest BCUT2D eigenvalue weighted by molar-refractivity contribution is 9.10. The van der Waals surface area contributed by atoms with E-state index in [4.69, 9.17) is 4.42 Å². The standard InChI is InChI=1S/C24H15BrFNO3/c25-16-8-11-19-18(12-16)22(28)20-21(15-6-9-17(26)10-7-15)27(24(29)23(20)30-19)13-14-4-2-1-3-5-14/h1-12,21H,13H2. The van der Waals surface area contributed by atoms with Crippen LogP contribution in [0.25, 0.3) is 11.0 Å². The van der Waals surface area contributed by atoms with Crippen LogP contribution in [-0.4, -0.2) is 10.8 Å². The Morgan fingerprint density at radius 2 is 1.70 bits per heavy atom. The third-order valence-electron chi connectivity index (χ3n) is 5.31. The zero-order valence-electron chi connectivity index (χ0n) is 15.6. The van der Waals surface area contributed by atoms with E-state index in [1.54, 1.807) is 35.2 Å². The number of amides is 1. The normalized spacial score (nSPS) is 15.6. The largest absolute Gasteiger partial charge is 0.450 e. The van der Waals surface area contributed by atoms with Crippen LogP contribution in [0.15, 0.2) is 86.5 Å². The molecule has 0 radical (unpaired) electrons. The highest BCUT2D eigenvalue weighted by Gasteiger charge is 2.42. The van der Waals surface area contributed by atoms with Crippen molar-refractivity contribution in [1.82, 2.24) is 4.90 Å². The number of rotatable bonds is 3. The zero-order chi connectivity index (χ0) is 20.8. The van der Waals surface area contributed by atoms with E-state index in [1.165, 1.54) is 12.1 Å². The minimum atomic E-state index is -0.659. The van der Waals surface area contributed by atoms with Crippen LogP contribution in [0.4, 0.5) is 4.39 Å². The Labute approximate surface area is 179 Å². The van der Waals surface area contributed by atoms with Crippen molar-refractivity contribution >= 4 is 32.8 Å². The molecule has 5 rings (SSSR count). The van der Waals surface area contributed by atoms with Gasteiger partial charge in [0, 0.05) is 11.0 Å². The molecule has 0 spiro atoms. The van der Waals surface area contributed by atoms with E-state index in [1.807, 2.05) is 30.3 Å². The monoisotopic (exact) mass is 463 g/mol. The number of benzene rings is 3. The third-order valence-corrected chi connectivity index (χ3v) is 5.80. The molecule has 3 aromatic carbocycles. The van der Waals surface area contributed by atoms with Crippen LogP contribution in [0, 0.1) is 5.82 Å². The Morgan fingerprint density at radius 3 is 2.43 bits per heavy atom. The first-order valence-electron chi connectivity index (χ1n) is 9.39. The summed E-state index contributed by atoms with van der Waals surface area (Å²) in [7, 11) is 0. The van der Waals surface area contributed by atoms with Gasteiger partial charge in [0.2, 0.25) is 5.76 Å². The van der Waals surface area contributed by atoms with Crippen LogP contribution < -0.4 is 5.43 Å². The van der Waals surface area contributed by atoms with Gasteiger partial charge >= 0.3 is 0 Å². The fraction of sp³-hybridized carbons (Fsp3) is 0.0833. The lowest BCUT2D eigenvalue weighted by Crippen LogP contribution is -2.29. The molecule has 1 aliphatic heterocycles. The van der Waals surface area contributed by atoms with Crippen LogP contribution in [0.2, 0.25) is 0 Å². The van der Waals surface area contributed by atoms with Crippen LogP contribution >= 0.6 is 15.9 Å². The summed E-state index contributed by atoms with van der Waals surface area (Å²) in [6.45, 7) is 0.297. The van der Waals surface area contributed by atoms with E-state index < -0.39 is 6.04 Å². The van der Waals surface area contributed by atoms with Crippen molar-refractivity contribution in [3.8, 4) is 0 Å². The molecule has 6 heteroatoms. The number of hydrogen-bond donors (Lipinski definition) is 0. The maximum Gasteiger partial charge on any atom is 0.291 e. The van der Waals surface area contributed by atoms with Crippen molar-refractivity contribution < 1.29 is 13.6 Å². The fourth-order valence-corrected chi connectivity index (χ4v) is 4.29. The van der Waals surface area contributed by atoms with Crippen LogP contribution in [-0.2, 0) is 6.54 Å². The molecule has 0 bridgehead atoms. The molecule has 0 aliphatic carbocycles. The van der Waals surface area contributed by atoms with E-state index in [2.05, 4.69) is 15.9 Å². The minimum Gasteiger partial charge on any atom is -0.450 e. The molecule has 1 atom stereocenters. The first kappa shape index (κ1) is 18.8. The molecule has 2 heterocycles. The van der Waals surface area contributed by atoms with Gasteiger partial charge < -0.3 is 9.32 Å². The Balaban J connectivity index is 1.74. The molecule has 1 aromatic heterocycles. The maximum atomic E-state index is 13.6. The summed E-state index contributed by atoms with van der Waals surface area (Å²) >= 11 is 3.38. The average Bonchev–Trinajstić information content (AvgIpc) is 3.02. The quantitative estimate of drug-likeness (QED) is 0.406. The number of halogens is 2. The van der Waals surface area contributed by atoms with Crippen molar-refractivity contribution in [3.05, 3.63) is 116 Å². The molecule has 0 fully saturated rings. The molecule has 4 aromatic rings. The summed E-state index contributed by atoms with van der Waals surface area (Å²) in [5.74, 6) is -0.697. The van der Waals surface area contributed by atoms with Crippen LogP contribution in [0.1, 0.15) is 33.3 Å². The Morgan fingerprint density at radius 1 is 0.967 bits per heavy atom. The average molecular weight is 464 g/mol. The number of carbonyl (C=O) groups is 1. The summed E-state index contributed by atoms with van der Waals surface area (Å²) < 4.78 is 20.2. The zero-order valence-corrected chi connectivity index (χ0v) is 17.2. The van der Waals surface area contributed by atoms with Gasteiger partial charge in [0.1, 0.15) is 11.4 Å². The highest BCUT2D eigenvalue weighted by atomic mass is 79.9. The molecular weight excluding hydrogens is 449 g/mol. The first-order chi connectivity index (χ1) is 14.5. The Kier molecular flexibility index (Phi) is 4.51. The van der Waals surface area contributed by atoms with Gasteiger partial charge in [-0.25, -0.2) is 4.39 Å². The molecule has 1 unspecified atom stereocenters. The van der Waals surface area contributed by atoms with E-state index in [-0.39, 0.29) is 28.5 Å². The molecule has 0 saturated carbocycles. The molecule has 0 saturated heterocycles. The van der Waals surface area contributed by atoms with Crippen molar-refractivity contribution in [2.45, 2.75) is 12.6 Å². The van der Waals surface area contributed by atoms with Gasteiger partial charge in [0.15, 0.2) is 5.43 Å². The van der Waals surface area contributed by atoms with Crippen LogP contribution in [0.5, 0.6) is 0 Å². The van der Waals surface area contributed by atoms with Gasteiger partial charge in [-0.2, -0.15) is 0 Å². The van der Waals surface area contributed by atoms with Gasteiger partial charge in [0.05, 0.1) is 17.0 Å². The van der Waals surface area contributed by atoms with Gasteiger partial charge in [-0.05, 0) is 41.5 Å². The van der Waals surface area contributed by atoms with Gasteiger partial charge in [-0.15, -0.1) is 0 Å². The van der Waals surface area contributed by atoms with Crippen LogP contribution in [0.3, 0.4) is 0 Å². The SMILES string of the molecule is O=C1c2oc3ccc(Br)cc3c(=O)c2C(c2ccc(F)cc2)N1Cc1ccccc1. The van der Waals surface area contributed by atoms with Crippen molar-refractivity contribution in [2.75, 3.05) is 0 Å². The fourth-order valence-electron chi connectivity index (χ4n) is 3.93. The predicted molar refractivity (Wildman–Crippen MR) is 115 cm³/mol. The molecule has 30 heavy (non-hydrogen) atoms. The number of nitrogens with zero attached hydrogens (tertiary/aromatic N) is 1. The van der Waals surface area contributed by atoms with Crippen molar-refractivity contribution in [1.29, 1.82) is 0 Å². The predicted octanol–water partition coefficient (Wildman–Crippen LogP) is 5.44. The lowest BCUT2D eigenvalue weighted by molar-refractivity contribution is 0.0714. The third kappa shape index (κ3) is 3.04. The molecular formula is C24H15BrFNO3. The van der Waals surface area contributed by atoms with Gasteiger partial charge in [-0.1, -0.05) is 58.4 Å². The summed E-state index contributed by atoms with van der Waals surface area (Å²) in [5, 5.41) is 0.393. The van der Waals surface area contributed by atoms with Crippen molar-refractivity contribution in [2.24, 2.45) is 0 Å². The molecule has 1 aliphatic rings. The molecule has 148 valence electrons. The van der Waals surface area contributed by atoms with E-state index in [0.717, 1.165) is 10.0 Å². The second kappa shape index (κ2) is 7.22. The van der Waals surface area contributed by atoms with Crippen molar-refractivity contribution in [3.63, 3.8) is 0 Å². The molecule has 1 amide bonds. The Hall–Kier alpha value is -3.25. The summed E-state index contributed by atoms with van der Waals surface area (Å²) in [5.41, 5.74) is 1.96. The van der Waals surface area contributed by atoms with E-state index >= 15 is 0 Å². The summed E-state index contributed by atoms with van der Waals surface area (Å²) in [6.07, 6.45) is 0. The minimum absolute atomic E-state index is 0.0417. The molecule has 4 nitrogen and oxygen atoms in total. The van der Waals surface area contributed by atoms with Gasteiger partial charge in [-0.3, -0.25) is 9.59 Å². The smallest absolute Gasteiger partial charge is 0.291 e. The topological polar surface area (TPSA) is 50.5 Å². The van der Waals surface area contributed by atoms with Gasteiger partial charge in [0.25, 0.3) is 5.91 Å². The molecule has 0 N–H and O–H groups in total. The van der Waals surface area contributed by atoms with E-state index in [9.17, 15) is 14.0 Å². The number of fused-ring (bicyclic) bond motifs is 2. The second-order valence-electron chi connectivity index (χ2n) is 7.19. The first-order valence-corrected chi connectivity index (χ1v) is 10.2. The van der Waals surface area contributed by atoms with E-state index in [0.29, 0.717) is 23.1 Å². The highest BCUT2D eigenvalue weighted by Crippen LogP contribution is 2.39. The maximum absolute atomic E-state index is 13.6. The number of carbonyl (C=O) groups excluding carboxylic acids is 1. The number of hydrogen-bond acceptors (Lipinski definition) is 3. The second-order valence-corrected chi connectivity index (χ2v) is 8.10. The lowest BCUT2D eigenvalue weighted by Gasteiger charge is -2.25. The summed E-state index contributed by atoms with van der Waals surface area (Å²) in [6, 6.07) is 19.8. The Bertz CT molecular complexity index is 1330. The summed E-state index contributed by atoms with van der Waals surface area (Å²) in [4.78, 5) is 28.4.